The van der Waals surface area contributed by atoms with Crippen molar-refractivity contribution in [2.24, 2.45) is 0 Å². The van der Waals surface area contributed by atoms with Crippen LogP contribution in [0, 0.1) is 18.3 Å². The molecule has 0 aromatic heterocycles. The molecular formula is C11H11NO2S. The van der Waals surface area contributed by atoms with Crippen LogP contribution in [-0.2, 0) is 9.53 Å². The molecule has 1 aromatic carbocycles. The summed E-state index contributed by atoms with van der Waals surface area (Å²) in [7, 11) is 1.35. The van der Waals surface area contributed by atoms with Gasteiger partial charge >= 0.3 is 5.97 Å². The summed E-state index contributed by atoms with van der Waals surface area (Å²) in [5.74, 6) is -0.0559. The first-order valence-corrected chi connectivity index (χ1v) is 5.36. The van der Waals surface area contributed by atoms with Gasteiger partial charge in [0.1, 0.15) is 6.07 Å². The molecule has 0 atom stereocenters. The maximum absolute atomic E-state index is 10.9. The van der Waals surface area contributed by atoms with Crippen LogP contribution in [0.1, 0.15) is 11.1 Å². The van der Waals surface area contributed by atoms with Gasteiger partial charge in [0.15, 0.2) is 0 Å². The van der Waals surface area contributed by atoms with Crippen molar-refractivity contribution in [1.29, 1.82) is 5.26 Å². The fraction of sp³-hybridized carbons (Fsp3) is 0.273. The number of esters is 1. The van der Waals surface area contributed by atoms with Gasteiger partial charge in [-0.3, -0.25) is 4.79 Å². The van der Waals surface area contributed by atoms with Crippen LogP contribution >= 0.6 is 11.8 Å². The number of carbonyl (C=O) groups excluding carboxylic acids is 1. The Morgan fingerprint density at radius 3 is 2.93 bits per heavy atom. The largest absolute Gasteiger partial charge is 0.468 e. The smallest absolute Gasteiger partial charge is 0.315 e. The summed E-state index contributed by atoms with van der Waals surface area (Å²) < 4.78 is 4.53. The average Bonchev–Trinajstić information content (AvgIpc) is 2.26. The Morgan fingerprint density at radius 1 is 1.60 bits per heavy atom. The highest BCUT2D eigenvalue weighted by atomic mass is 32.2. The highest BCUT2D eigenvalue weighted by Gasteiger charge is 2.06. The Bertz CT molecular complexity index is 410. The number of nitriles is 1. The normalized spacial score (nSPS) is 9.40. The molecule has 1 aromatic rings. The summed E-state index contributed by atoms with van der Waals surface area (Å²) in [6.07, 6.45) is 0. The molecule has 0 radical (unpaired) electrons. The van der Waals surface area contributed by atoms with Crippen molar-refractivity contribution in [3.8, 4) is 6.07 Å². The van der Waals surface area contributed by atoms with Crippen molar-refractivity contribution in [3.05, 3.63) is 29.3 Å². The first kappa shape index (κ1) is 11.6. The molecule has 0 saturated carbocycles. The lowest BCUT2D eigenvalue weighted by atomic mass is 10.2. The van der Waals surface area contributed by atoms with Crippen molar-refractivity contribution in [2.45, 2.75) is 11.8 Å². The minimum atomic E-state index is -0.287. The molecule has 0 saturated heterocycles. The van der Waals surface area contributed by atoms with Crippen LogP contribution in [0.25, 0.3) is 0 Å². The number of benzene rings is 1. The van der Waals surface area contributed by atoms with Gasteiger partial charge in [-0.15, -0.1) is 11.8 Å². The van der Waals surface area contributed by atoms with Gasteiger partial charge in [0.2, 0.25) is 0 Å². The zero-order valence-corrected chi connectivity index (χ0v) is 9.43. The van der Waals surface area contributed by atoms with E-state index < -0.39 is 0 Å². The van der Waals surface area contributed by atoms with E-state index in [1.54, 1.807) is 6.07 Å². The first-order chi connectivity index (χ1) is 7.17. The van der Waals surface area contributed by atoms with Crippen LogP contribution < -0.4 is 0 Å². The van der Waals surface area contributed by atoms with Gasteiger partial charge in [-0.2, -0.15) is 5.26 Å². The van der Waals surface area contributed by atoms with E-state index in [0.29, 0.717) is 5.56 Å². The fourth-order valence-corrected chi connectivity index (χ4v) is 1.97. The standard InChI is InChI=1S/C11H11NO2S/c1-8-3-4-9(6-12)10(5-8)15-7-11(13)14-2/h3-5H,7H2,1-2H3. The Kier molecular flexibility index (Phi) is 4.19. The molecule has 4 heteroatoms. The average molecular weight is 221 g/mol. The summed E-state index contributed by atoms with van der Waals surface area (Å²) in [6.45, 7) is 1.95. The summed E-state index contributed by atoms with van der Waals surface area (Å²) in [4.78, 5) is 11.8. The van der Waals surface area contributed by atoms with E-state index in [1.807, 2.05) is 19.1 Å². The maximum Gasteiger partial charge on any atom is 0.315 e. The van der Waals surface area contributed by atoms with Gasteiger partial charge in [0.05, 0.1) is 18.4 Å². The topological polar surface area (TPSA) is 50.1 Å². The third kappa shape index (κ3) is 3.30. The first-order valence-electron chi connectivity index (χ1n) is 4.37. The Balaban J connectivity index is 2.80. The number of hydrogen-bond donors (Lipinski definition) is 0. The second-order valence-corrected chi connectivity index (χ2v) is 3.99. The van der Waals surface area contributed by atoms with Gasteiger partial charge in [-0.05, 0) is 24.6 Å². The van der Waals surface area contributed by atoms with Crippen LogP contribution in [-0.4, -0.2) is 18.8 Å². The molecule has 0 aliphatic carbocycles. The molecule has 0 bridgehead atoms. The Hall–Kier alpha value is -1.47. The number of nitrogens with zero attached hydrogens (tertiary/aromatic N) is 1. The minimum Gasteiger partial charge on any atom is -0.468 e. The molecule has 1 rings (SSSR count). The highest BCUT2D eigenvalue weighted by Crippen LogP contribution is 2.23. The molecule has 0 spiro atoms. The fourth-order valence-electron chi connectivity index (χ4n) is 1.04. The summed E-state index contributed by atoms with van der Waals surface area (Å²) in [5, 5.41) is 8.85. The molecule has 0 N–H and O–H groups in total. The SMILES string of the molecule is COC(=O)CSc1cc(C)ccc1C#N. The predicted molar refractivity (Wildman–Crippen MR) is 58.6 cm³/mol. The Labute approximate surface area is 93.0 Å². The van der Waals surface area contributed by atoms with Crippen molar-refractivity contribution in [2.75, 3.05) is 12.9 Å². The molecular weight excluding hydrogens is 210 g/mol. The zero-order chi connectivity index (χ0) is 11.3. The molecule has 78 valence electrons. The number of hydrogen-bond acceptors (Lipinski definition) is 4. The van der Waals surface area contributed by atoms with Crippen LogP contribution in [0.15, 0.2) is 23.1 Å². The van der Waals surface area contributed by atoms with E-state index in [1.165, 1.54) is 18.9 Å². The van der Waals surface area contributed by atoms with E-state index in [4.69, 9.17) is 5.26 Å². The van der Waals surface area contributed by atoms with Crippen molar-refractivity contribution >= 4 is 17.7 Å². The number of aryl methyl sites for hydroxylation is 1. The lowest BCUT2D eigenvalue weighted by Gasteiger charge is -2.03. The molecule has 0 aliphatic rings. The molecule has 15 heavy (non-hydrogen) atoms. The molecule has 0 amide bonds. The number of methoxy groups -OCH3 is 1. The summed E-state index contributed by atoms with van der Waals surface area (Å²) >= 11 is 1.32. The van der Waals surface area contributed by atoms with Gasteiger partial charge in [-0.1, -0.05) is 6.07 Å². The Morgan fingerprint density at radius 2 is 2.33 bits per heavy atom. The summed E-state index contributed by atoms with van der Waals surface area (Å²) in [6, 6.07) is 7.62. The molecule has 0 aliphatic heterocycles. The van der Waals surface area contributed by atoms with Crippen LogP contribution in [0.2, 0.25) is 0 Å². The molecule has 0 unspecified atom stereocenters. The van der Waals surface area contributed by atoms with Crippen molar-refractivity contribution < 1.29 is 9.53 Å². The van der Waals surface area contributed by atoms with Crippen molar-refractivity contribution in [3.63, 3.8) is 0 Å². The molecule has 3 nitrogen and oxygen atoms in total. The quantitative estimate of drug-likeness (QED) is 0.579. The predicted octanol–water partition coefficient (Wildman–Crippen LogP) is 2.13. The highest BCUT2D eigenvalue weighted by molar-refractivity contribution is 8.00. The number of rotatable bonds is 3. The number of carbonyl (C=O) groups is 1. The number of thioether (sulfide) groups is 1. The monoisotopic (exact) mass is 221 g/mol. The van der Waals surface area contributed by atoms with E-state index in [0.717, 1.165) is 10.5 Å². The second-order valence-electron chi connectivity index (χ2n) is 2.98. The zero-order valence-electron chi connectivity index (χ0n) is 8.61. The lowest BCUT2D eigenvalue weighted by Crippen LogP contribution is -2.03. The third-order valence-corrected chi connectivity index (χ3v) is 2.86. The number of ether oxygens (including phenoxy) is 1. The van der Waals surface area contributed by atoms with Gasteiger partial charge in [0.25, 0.3) is 0 Å². The van der Waals surface area contributed by atoms with Crippen LogP contribution in [0.4, 0.5) is 0 Å². The van der Waals surface area contributed by atoms with E-state index in [-0.39, 0.29) is 11.7 Å². The third-order valence-electron chi connectivity index (χ3n) is 1.83. The summed E-state index contributed by atoms with van der Waals surface area (Å²) in [5.41, 5.74) is 1.66. The molecule has 0 fully saturated rings. The van der Waals surface area contributed by atoms with Crippen LogP contribution in [0.5, 0.6) is 0 Å². The van der Waals surface area contributed by atoms with Crippen molar-refractivity contribution in [1.82, 2.24) is 0 Å². The minimum absolute atomic E-state index is 0.231. The van der Waals surface area contributed by atoms with Gasteiger partial charge in [-0.25, -0.2) is 0 Å². The maximum atomic E-state index is 10.9. The molecule has 0 heterocycles. The van der Waals surface area contributed by atoms with Crippen LogP contribution in [0.3, 0.4) is 0 Å². The van der Waals surface area contributed by atoms with Gasteiger partial charge < -0.3 is 4.74 Å². The van der Waals surface area contributed by atoms with E-state index >= 15 is 0 Å². The second kappa shape index (κ2) is 5.42. The van der Waals surface area contributed by atoms with E-state index in [9.17, 15) is 4.79 Å². The van der Waals surface area contributed by atoms with E-state index in [2.05, 4.69) is 10.8 Å². The van der Waals surface area contributed by atoms with Gasteiger partial charge in [0, 0.05) is 4.90 Å². The lowest BCUT2D eigenvalue weighted by molar-refractivity contribution is -0.137.